The maximum Gasteiger partial charge on any atom is 0.253 e. The number of hydrogen-bond donors (Lipinski definition) is 3. The molecular weight excluding hydrogens is 469 g/mol. The summed E-state index contributed by atoms with van der Waals surface area (Å²) in [5.41, 5.74) is 1.44. The van der Waals surface area contributed by atoms with Gasteiger partial charge in [0.25, 0.3) is 5.91 Å². The molecule has 0 radical (unpaired) electrons. The number of amides is 2. The third-order valence-electron chi connectivity index (χ3n) is 3.87. The van der Waals surface area contributed by atoms with Crippen LogP contribution >= 0.6 is 24.0 Å². The summed E-state index contributed by atoms with van der Waals surface area (Å²) in [5.74, 6) is 0.494. The number of rotatable bonds is 7. The Morgan fingerprint density at radius 2 is 1.61 bits per heavy atom. The van der Waals surface area contributed by atoms with E-state index in [9.17, 15) is 9.59 Å². The molecule has 0 saturated heterocycles. The van der Waals surface area contributed by atoms with Crippen molar-refractivity contribution < 1.29 is 9.59 Å². The van der Waals surface area contributed by atoms with Gasteiger partial charge in [-0.3, -0.25) is 14.6 Å². The number of benzene rings is 1. The highest BCUT2D eigenvalue weighted by Gasteiger charge is 2.14. The van der Waals surface area contributed by atoms with Crippen LogP contribution in [-0.4, -0.2) is 54.9 Å². The zero-order valence-electron chi connectivity index (χ0n) is 17.8. The minimum Gasteiger partial charge on any atom is -0.352 e. The van der Waals surface area contributed by atoms with E-state index >= 15 is 0 Å². The number of halogens is 1. The van der Waals surface area contributed by atoms with Gasteiger partial charge in [0, 0.05) is 37.8 Å². The minimum atomic E-state index is -0.264. The third-order valence-corrected chi connectivity index (χ3v) is 3.87. The first-order valence-corrected chi connectivity index (χ1v) is 9.33. The zero-order valence-corrected chi connectivity index (χ0v) is 20.1. The fourth-order valence-electron chi connectivity index (χ4n) is 2.49. The van der Waals surface area contributed by atoms with Crippen LogP contribution in [0.1, 0.15) is 50.5 Å². The monoisotopic (exact) mass is 503 g/mol. The lowest BCUT2D eigenvalue weighted by Gasteiger charge is -2.21. The zero-order chi connectivity index (χ0) is 20.4. The number of carbonyl (C=O) groups excluding carboxylic acids is 2. The van der Waals surface area contributed by atoms with Gasteiger partial charge in [-0.2, -0.15) is 0 Å². The second kappa shape index (κ2) is 12.6. The lowest BCUT2D eigenvalue weighted by atomic mass is 10.1. The number of nitrogens with one attached hydrogen (secondary N) is 3. The number of carbonyl (C=O) groups is 2. The highest BCUT2D eigenvalue weighted by Crippen LogP contribution is 2.08. The van der Waals surface area contributed by atoms with Crippen molar-refractivity contribution in [2.75, 3.05) is 26.7 Å². The minimum absolute atomic E-state index is 0. The van der Waals surface area contributed by atoms with Crippen LogP contribution in [0.3, 0.4) is 0 Å². The van der Waals surface area contributed by atoms with Crippen molar-refractivity contribution in [1.82, 2.24) is 20.9 Å². The SMILES string of the molecule is CCN(CC)C(=O)c1ccc(CNC(=NC)NCC(=O)NC(C)(C)C)cc1.I. The first-order valence-electron chi connectivity index (χ1n) is 9.33. The predicted octanol–water partition coefficient (Wildman–Crippen LogP) is 2.37. The average Bonchev–Trinajstić information content (AvgIpc) is 2.61. The quantitative estimate of drug-likeness (QED) is 0.303. The molecule has 1 aromatic rings. The highest BCUT2D eigenvalue weighted by molar-refractivity contribution is 14.0. The molecule has 0 unspecified atom stereocenters. The molecular formula is C20H34IN5O2. The van der Waals surface area contributed by atoms with Crippen LogP contribution < -0.4 is 16.0 Å². The summed E-state index contributed by atoms with van der Waals surface area (Å²) in [5, 5.41) is 9.04. The molecule has 0 atom stereocenters. The second-order valence-corrected chi connectivity index (χ2v) is 7.25. The Labute approximate surface area is 185 Å². The molecule has 0 aliphatic heterocycles. The van der Waals surface area contributed by atoms with Crippen molar-refractivity contribution >= 4 is 41.8 Å². The molecule has 0 aliphatic rings. The molecule has 0 fully saturated rings. The summed E-state index contributed by atoms with van der Waals surface area (Å²) in [6, 6.07) is 7.52. The fraction of sp³-hybridized carbons (Fsp3) is 0.550. The summed E-state index contributed by atoms with van der Waals surface area (Å²) in [6.07, 6.45) is 0. The number of hydrogen-bond acceptors (Lipinski definition) is 3. The van der Waals surface area contributed by atoms with E-state index in [1.807, 2.05) is 58.9 Å². The molecule has 0 aromatic heterocycles. The smallest absolute Gasteiger partial charge is 0.253 e. The molecule has 8 heteroatoms. The molecule has 0 spiro atoms. The molecule has 0 aliphatic carbocycles. The van der Waals surface area contributed by atoms with Crippen molar-refractivity contribution in [2.24, 2.45) is 4.99 Å². The molecule has 158 valence electrons. The second-order valence-electron chi connectivity index (χ2n) is 7.25. The fourth-order valence-corrected chi connectivity index (χ4v) is 2.49. The topological polar surface area (TPSA) is 85.8 Å². The Bertz CT molecular complexity index is 650. The normalized spacial score (nSPS) is 11.3. The Morgan fingerprint density at radius 3 is 2.07 bits per heavy atom. The Hall–Kier alpha value is -1.84. The molecule has 1 aromatic carbocycles. The van der Waals surface area contributed by atoms with Crippen molar-refractivity contribution in [2.45, 2.75) is 46.7 Å². The lowest BCUT2D eigenvalue weighted by Crippen LogP contribution is -2.48. The van der Waals surface area contributed by atoms with E-state index in [0.717, 1.165) is 5.56 Å². The Kier molecular flexibility index (Phi) is 11.8. The van der Waals surface area contributed by atoms with Crippen LogP contribution in [0.25, 0.3) is 0 Å². The van der Waals surface area contributed by atoms with Gasteiger partial charge in [-0.15, -0.1) is 24.0 Å². The van der Waals surface area contributed by atoms with E-state index in [0.29, 0.717) is 31.2 Å². The molecule has 2 amide bonds. The van der Waals surface area contributed by atoms with Crippen molar-refractivity contribution in [3.05, 3.63) is 35.4 Å². The Morgan fingerprint density at radius 1 is 1.04 bits per heavy atom. The number of aliphatic imine (C=N–C) groups is 1. The van der Waals surface area contributed by atoms with Crippen molar-refractivity contribution in [1.29, 1.82) is 0 Å². The van der Waals surface area contributed by atoms with Crippen LogP contribution in [0.5, 0.6) is 0 Å². The summed E-state index contributed by atoms with van der Waals surface area (Å²) >= 11 is 0. The van der Waals surface area contributed by atoms with Gasteiger partial charge in [0.05, 0.1) is 6.54 Å². The molecule has 28 heavy (non-hydrogen) atoms. The van der Waals surface area contributed by atoms with Gasteiger partial charge in [0.1, 0.15) is 0 Å². The maximum atomic E-state index is 12.3. The van der Waals surface area contributed by atoms with Crippen LogP contribution in [0.4, 0.5) is 0 Å². The van der Waals surface area contributed by atoms with Crippen LogP contribution in [0, 0.1) is 0 Å². The van der Waals surface area contributed by atoms with Gasteiger partial charge in [-0.05, 0) is 52.3 Å². The molecule has 0 saturated carbocycles. The molecule has 0 heterocycles. The number of guanidine groups is 1. The summed E-state index contributed by atoms with van der Waals surface area (Å²) in [7, 11) is 1.66. The molecule has 1 rings (SSSR count). The number of nitrogens with zero attached hydrogens (tertiary/aromatic N) is 2. The van der Waals surface area contributed by atoms with Crippen molar-refractivity contribution in [3.63, 3.8) is 0 Å². The van der Waals surface area contributed by atoms with Gasteiger partial charge >= 0.3 is 0 Å². The van der Waals surface area contributed by atoms with Gasteiger partial charge in [0.15, 0.2) is 5.96 Å². The van der Waals surface area contributed by atoms with Crippen LogP contribution in [0.15, 0.2) is 29.3 Å². The van der Waals surface area contributed by atoms with Gasteiger partial charge in [-0.25, -0.2) is 0 Å². The first-order chi connectivity index (χ1) is 12.7. The molecule has 3 N–H and O–H groups in total. The maximum absolute atomic E-state index is 12.3. The van der Waals surface area contributed by atoms with Gasteiger partial charge in [-0.1, -0.05) is 12.1 Å². The van der Waals surface area contributed by atoms with Crippen molar-refractivity contribution in [3.8, 4) is 0 Å². The van der Waals surface area contributed by atoms with Gasteiger partial charge in [0.2, 0.25) is 5.91 Å². The van der Waals surface area contributed by atoms with E-state index < -0.39 is 0 Å². The molecule has 0 bridgehead atoms. The van der Waals surface area contributed by atoms with E-state index in [1.165, 1.54) is 0 Å². The van der Waals surface area contributed by atoms with E-state index in [-0.39, 0.29) is 47.9 Å². The van der Waals surface area contributed by atoms with Gasteiger partial charge < -0.3 is 20.9 Å². The summed E-state index contributed by atoms with van der Waals surface area (Å²) in [6.45, 7) is 11.8. The Balaban J connectivity index is 0.00000729. The average molecular weight is 503 g/mol. The van der Waals surface area contributed by atoms with E-state index in [2.05, 4.69) is 20.9 Å². The highest BCUT2D eigenvalue weighted by atomic mass is 127. The van der Waals surface area contributed by atoms with E-state index in [1.54, 1.807) is 11.9 Å². The molecule has 7 nitrogen and oxygen atoms in total. The largest absolute Gasteiger partial charge is 0.352 e. The first kappa shape index (κ1) is 26.2. The summed E-state index contributed by atoms with van der Waals surface area (Å²) < 4.78 is 0. The van der Waals surface area contributed by atoms with Crippen LogP contribution in [0.2, 0.25) is 0 Å². The predicted molar refractivity (Wildman–Crippen MR) is 125 cm³/mol. The van der Waals surface area contributed by atoms with Crippen LogP contribution in [-0.2, 0) is 11.3 Å². The lowest BCUT2D eigenvalue weighted by molar-refractivity contribution is -0.121. The third kappa shape index (κ3) is 9.38. The summed E-state index contributed by atoms with van der Waals surface area (Å²) in [4.78, 5) is 30.1. The van der Waals surface area contributed by atoms with E-state index in [4.69, 9.17) is 0 Å². The standard InChI is InChI=1S/C20H33N5O2.HI/c1-7-25(8-2)18(27)16-11-9-15(10-12-16)13-22-19(21-6)23-14-17(26)24-20(3,4)5;/h9-12H,7-8,13-14H2,1-6H3,(H,24,26)(H2,21,22,23);1H.